The molecule has 2 aromatic rings. The van der Waals surface area contributed by atoms with E-state index in [9.17, 15) is 4.79 Å². The molecule has 1 aromatic carbocycles. The molecule has 128 valence electrons. The van der Waals surface area contributed by atoms with E-state index in [4.69, 9.17) is 0 Å². The molecule has 0 radical (unpaired) electrons. The Balaban J connectivity index is 1.68. The summed E-state index contributed by atoms with van der Waals surface area (Å²) in [5, 5.41) is 2.03. The summed E-state index contributed by atoms with van der Waals surface area (Å²) in [6, 6.07) is 7.33. The molecule has 1 saturated heterocycles. The van der Waals surface area contributed by atoms with Crippen molar-refractivity contribution >= 4 is 28.4 Å². The number of piperidine rings is 1. The smallest absolute Gasteiger partial charge is 0.139 e. The summed E-state index contributed by atoms with van der Waals surface area (Å²) in [4.78, 5) is 17.6. The third-order valence-electron chi connectivity index (χ3n) is 5.57. The zero-order valence-electron chi connectivity index (χ0n) is 14.5. The van der Waals surface area contributed by atoms with Crippen molar-refractivity contribution in [2.75, 3.05) is 18.8 Å². The first-order chi connectivity index (χ1) is 11.7. The van der Waals surface area contributed by atoms with E-state index in [1.165, 1.54) is 34.9 Å². The Morgan fingerprint density at radius 1 is 1.42 bits per heavy atom. The molecule has 1 unspecified atom stereocenters. The number of carbonyl (C=O) groups is 1. The van der Waals surface area contributed by atoms with Gasteiger partial charge in [0.15, 0.2) is 0 Å². The fraction of sp³-hybridized carbons (Fsp3) is 0.550. The van der Waals surface area contributed by atoms with Gasteiger partial charge in [0.05, 0.1) is 5.75 Å². The van der Waals surface area contributed by atoms with Gasteiger partial charge < -0.3 is 4.98 Å². The van der Waals surface area contributed by atoms with Crippen LogP contribution in [0.15, 0.2) is 24.4 Å². The second-order valence-corrected chi connectivity index (χ2v) is 8.62. The van der Waals surface area contributed by atoms with Gasteiger partial charge >= 0.3 is 0 Å². The molecule has 3 atom stereocenters. The number of nitrogens with zero attached hydrogens (tertiary/aromatic N) is 1. The topological polar surface area (TPSA) is 36.1 Å². The Kier molecular flexibility index (Phi) is 4.44. The first-order valence-electron chi connectivity index (χ1n) is 9.11. The van der Waals surface area contributed by atoms with Crippen LogP contribution in [0.4, 0.5) is 0 Å². The summed E-state index contributed by atoms with van der Waals surface area (Å²) in [6.45, 7) is 6.26. The van der Waals surface area contributed by atoms with Crippen molar-refractivity contribution in [3.63, 3.8) is 0 Å². The van der Waals surface area contributed by atoms with Crippen LogP contribution in [0.2, 0.25) is 0 Å². The van der Waals surface area contributed by atoms with Crippen LogP contribution in [0, 0.1) is 0 Å². The third-order valence-corrected chi connectivity index (χ3v) is 6.96. The van der Waals surface area contributed by atoms with E-state index in [0.717, 1.165) is 19.5 Å². The number of ketones is 1. The lowest BCUT2D eigenvalue weighted by molar-refractivity contribution is -0.114. The summed E-state index contributed by atoms with van der Waals surface area (Å²) < 4.78 is 0. The van der Waals surface area contributed by atoms with Crippen LogP contribution < -0.4 is 0 Å². The van der Waals surface area contributed by atoms with Gasteiger partial charge in [-0.25, -0.2) is 0 Å². The number of H-pyrrole nitrogens is 1. The van der Waals surface area contributed by atoms with Crippen LogP contribution in [-0.2, 0) is 11.2 Å². The lowest BCUT2D eigenvalue weighted by Gasteiger charge is -2.47. The lowest BCUT2D eigenvalue weighted by atomic mass is 9.75. The van der Waals surface area contributed by atoms with Gasteiger partial charge in [0.2, 0.25) is 0 Å². The third kappa shape index (κ3) is 2.80. The number of hydrogen-bond donors (Lipinski definition) is 1. The van der Waals surface area contributed by atoms with E-state index in [-0.39, 0.29) is 0 Å². The molecule has 0 amide bonds. The van der Waals surface area contributed by atoms with Gasteiger partial charge in [-0.1, -0.05) is 19.1 Å². The number of benzene rings is 1. The molecular formula is C20H26N2OS. The fourth-order valence-electron chi connectivity index (χ4n) is 4.65. The van der Waals surface area contributed by atoms with Crippen LogP contribution >= 0.6 is 11.8 Å². The molecule has 4 rings (SSSR count). The average Bonchev–Trinajstić information content (AvgIpc) is 2.99. The van der Waals surface area contributed by atoms with Crippen LogP contribution in [0.1, 0.15) is 43.7 Å². The number of likely N-dealkylation sites (tertiary alicyclic amines) is 1. The van der Waals surface area contributed by atoms with E-state index in [0.29, 0.717) is 28.7 Å². The largest absolute Gasteiger partial charge is 0.361 e. The number of fused-ring (bicyclic) bond motifs is 2. The minimum atomic E-state index is 0.294. The molecule has 3 nitrogen and oxygen atoms in total. The van der Waals surface area contributed by atoms with Crippen molar-refractivity contribution in [2.45, 2.75) is 50.3 Å². The Bertz CT molecular complexity index is 753. The highest BCUT2D eigenvalue weighted by molar-refractivity contribution is 8.00. The molecule has 4 heteroatoms. The molecule has 1 aliphatic carbocycles. The number of aromatic nitrogens is 1. The summed E-state index contributed by atoms with van der Waals surface area (Å²) in [5.41, 5.74) is 4.29. The highest BCUT2D eigenvalue weighted by Gasteiger charge is 2.40. The molecule has 2 aliphatic rings. The molecule has 24 heavy (non-hydrogen) atoms. The van der Waals surface area contributed by atoms with Crippen LogP contribution in [0.25, 0.3) is 10.9 Å². The SMILES string of the molecule is CCCN1CC(SCC(C)=O)C[C@@H]2c3cccc4[nH]cc(c34)C[C@H]21. The first kappa shape index (κ1) is 16.2. The van der Waals surface area contributed by atoms with Crippen LogP contribution in [-0.4, -0.2) is 45.8 Å². The minimum Gasteiger partial charge on any atom is -0.361 e. The molecule has 1 N–H and O–H groups in total. The van der Waals surface area contributed by atoms with Crippen molar-refractivity contribution in [2.24, 2.45) is 0 Å². The average molecular weight is 343 g/mol. The lowest BCUT2D eigenvalue weighted by Crippen LogP contribution is -2.51. The second kappa shape index (κ2) is 6.57. The summed E-state index contributed by atoms with van der Waals surface area (Å²) in [7, 11) is 0. The van der Waals surface area contributed by atoms with E-state index in [1.54, 1.807) is 6.92 Å². The van der Waals surface area contributed by atoms with Crippen molar-refractivity contribution < 1.29 is 4.79 Å². The zero-order chi connectivity index (χ0) is 16.7. The first-order valence-corrected chi connectivity index (χ1v) is 10.2. The molecule has 2 heterocycles. The number of carbonyl (C=O) groups excluding carboxylic acids is 1. The van der Waals surface area contributed by atoms with Crippen molar-refractivity contribution in [3.8, 4) is 0 Å². The fourth-order valence-corrected chi connectivity index (χ4v) is 5.76. The number of thioether (sulfide) groups is 1. The maximum absolute atomic E-state index is 11.4. The second-order valence-electron chi connectivity index (χ2n) is 7.33. The van der Waals surface area contributed by atoms with Crippen LogP contribution in [0.5, 0.6) is 0 Å². The van der Waals surface area contributed by atoms with Gasteiger partial charge in [0, 0.05) is 40.9 Å². The molecular weight excluding hydrogens is 316 g/mol. The molecule has 1 aliphatic heterocycles. The molecule has 0 saturated carbocycles. The summed E-state index contributed by atoms with van der Waals surface area (Å²) in [6.07, 6.45) is 5.76. The molecule has 1 fully saturated rings. The maximum atomic E-state index is 11.4. The number of aromatic amines is 1. The number of Topliss-reactive ketones (excluding diaryl/α,β-unsaturated/α-hetero) is 1. The van der Waals surface area contributed by atoms with E-state index >= 15 is 0 Å². The Labute approximate surface area is 148 Å². The maximum Gasteiger partial charge on any atom is 0.139 e. The zero-order valence-corrected chi connectivity index (χ0v) is 15.4. The van der Waals surface area contributed by atoms with Gasteiger partial charge in [-0.3, -0.25) is 9.69 Å². The standard InChI is InChI=1S/C20H26N2OS/c1-3-7-22-11-15(24-12-13(2)23)9-17-16-5-4-6-18-20(16)14(10-21-18)8-19(17)22/h4-6,10,15,17,19,21H,3,7-9,11-12H2,1-2H3/t15?,17-,19-/m1/s1. The number of hydrogen-bond acceptors (Lipinski definition) is 3. The Morgan fingerprint density at radius 3 is 3.08 bits per heavy atom. The van der Waals surface area contributed by atoms with Crippen LogP contribution in [0.3, 0.4) is 0 Å². The van der Waals surface area contributed by atoms with Gasteiger partial charge in [0.25, 0.3) is 0 Å². The Hall–Kier alpha value is -1.26. The van der Waals surface area contributed by atoms with Crippen molar-refractivity contribution in [3.05, 3.63) is 35.5 Å². The van der Waals surface area contributed by atoms with Gasteiger partial charge in [-0.15, -0.1) is 11.8 Å². The van der Waals surface area contributed by atoms with Crippen molar-refractivity contribution in [1.29, 1.82) is 0 Å². The molecule has 0 spiro atoms. The minimum absolute atomic E-state index is 0.294. The highest BCUT2D eigenvalue weighted by Crippen LogP contribution is 2.45. The van der Waals surface area contributed by atoms with Crippen molar-refractivity contribution in [1.82, 2.24) is 9.88 Å². The number of rotatable bonds is 5. The predicted octanol–water partition coefficient (Wildman–Crippen LogP) is 3.98. The summed E-state index contributed by atoms with van der Waals surface area (Å²) in [5.74, 6) is 1.55. The van der Waals surface area contributed by atoms with E-state index in [1.807, 2.05) is 11.8 Å². The normalized spacial score (nSPS) is 26.5. The summed E-state index contributed by atoms with van der Waals surface area (Å²) >= 11 is 1.86. The quantitative estimate of drug-likeness (QED) is 0.893. The monoisotopic (exact) mass is 342 g/mol. The molecule has 1 aromatic heterocycles. The predicted molar refractivity (Wildman–Crippen MR) is 102 cm³/mol. The highest BCUT2D eigenvalue weighted by atomic mass is 32.2. The Morgan fingerprint density at radius 2 is 2.29 bits per heavy atom. The van der Waals surface area contributed by atoms with E-state index in [2.05, 4.69) is 41.2 Å². The van der Waals surface area contributed by atoms with E-state index < -0.39 is 0 Å². The number of nitrogens with one attached hydrogen (secondary N) is 1. The van der Waals surface area contributed by atoms with Gasteiger partial charge in [-0.2, -0.15) is 0 Å². The van der Waals surface area contributed by atoms with Gasteiger partial charge in [0.1, 0.15) is 5.78 Å². The van der Waals surface area contributed by atoms with Gasteiger partial charge in [-0.05, 0) is 49.9 Å². The molecule has 0 bridgehead atoms.